The largest absolute Gasteiger partial charge is 0.466 e. The summed E-state index contributed by atoms with van der Waals surface area (Å²) >= 11 is 0. The Morgan fingerprint density at radius 2 is 2.00 bits per heavy atom. The number of carbonyl (C=O) groups is 1. The lowest BCUT2D eigenvalue weighted by Crippen LogP contribution is -2.39. The van der Waals surface area contributed by atoms with Crippen molar-refractivity contribution in [3.05, 3.63) is 35.9 Å². The van der Waals surface area contributed by atoms with E-state index < -0.39 is 0 Å². The number of hydrogen-bond donors (Lipinski definition) is 2. The minimum atomic E-state index is -0.148. The third kappa shape index (κ3) is 7.11. The number of carbonyl (C=O) groups excluding carboxylic acids is 1. The SMILES string of the molecule is CCOC(=O)CCCNC(=NC)NCC(C)c1ccccc1. The van der Waals surface area contributed by atoms with E-state index in [2.05, 4.69) is 34.7 Å². The number of nitrogens with zero attached hydrogens (tertiary/aromatic N) is 1. The topological polar surface area (TPSA) is 62.7 Å². The molecule has 5 nitrogen and oxygen atoms in total. The zero-order valence-electron chi connectivity index (χ0n) is 13.8. The molecule has 0 aliphatic heterocycles. The van der Waals surface area contributed by atoms with Gasteiger partial charge in [-0.3, -0.25) is 9.79 Å². The first-order chi connectivity index (χ1) is 10.7. The highest BCUT2D eigenvalue weighted by molar-refractivity contribution is 5.79. The van der Waals surface area contributed by atoms with E-state index in [1.807, 2.05) is 25.1 Å². The first-order valence-electron chi connectivity index (χ1n) is 7.82. The van der Waals surface area contributed by atoms with Gasteiger partial charge < -0.3 is 15.4 Å². The van der Waals surface area contributed by atoms with E-state index in [9.17, 15) is 4.79 Å². The Kier molecular flexibility index (Phi) is 8.72. The van der Waals surface area contributed by atoms with Crippen LogP contribution in [0.25, 0.3) is 0 Å². The summed E-state index contributed by atoms with van der Waals surface area (Å²) in [5, 5.41) is 6.51. The predicted molar refractivity (Wildman–Crippen MR) is 90.1 cm³/mol. The van der Waals surface area contributed by atoms with Crippen molar-refractivity contribution in [2.75, 3.05) is 26.7 Å². The van der Waals surface area contributed by atoms with Gasteiger partial charge in [-0.25, -0.2) is 0 Å². The summed E-state index contributed by atoms with van der Waals surface area (Å²) < 4.78 is 4.89. The third-order valence-electron chi connectivity index (χ3n) is 3.32. The molecule has 1 atom stereocenters. The molecular weight excluding hydrogens is 278 g/mol. The molecule has 0 saturated carbocycles. The van der Waals surface area contributed by atoms with Crippen molar-refractivity contribution in [2.24, 2.45) is 4.99 Å². The fraction of sp³-hybridized carbons (Fsp3) is 0.529. The predicted octanol–water partition coefficient (Wildman–Crippen LogP) is 2.30. The zero-order chi connectivity index (χ0) is 16.2. The fourth-order valence-corrected chi connectivity index (χ4v) is 2.04. The molecule has 0 fully saturated rings. The number of ether oxygens (including phenoxy) is 1. The molecular formula is C17H27N3O2. The van der Waals surface area contributed by atoms with Crippen LogP contribution >= 0.6 is 0 Å². The van der Waals surface area contributed by atoms with E-state index in [0.717, 1.165) is 18.9 Å². The Balaban J connectivity index is 2.24. The molecule has 0 amide bonds. The Labute approximate surface area is 133 Å². The Hall–Kier alpha value is -2.04. The van der Waals surface area contributed by atoms with Crippen LogP contribution in [0.1, 0.15) is 38.2 Å². The van der Waals surface area contributed by atoms with Gasteiger partial charge in [-0.05, 0) is 24.8 Å². The van der Waals surface area contributed by atoms with Gasteiger partial charge in [0, 0.05) is 26.6 Å². The molecule has 1 aromatic carbocycles. The first-order valence-corrected chi connectivity index (χ1v) is 7.82. The molecule has 5 heteroatoms. The highest BCUT2D eigenvalue weighted by Gasteiger charge is 2.06. The summed E-state index contributed by atoms with van der Waals surface area (Å²) in [6.07, 6.45) is 1.16. The van der Waals surface area contributed by atoms with Crippen molar-refractivity contribution < 1.29 is 9.53 Å². The molecule has 0 aliphatic carbocycles. The number of hydrogen-bond acceptors (Lipinski definition) is 3. The summed E-state index contributed by atoms with van der Waals surface area (Å²) in [5.74, 6) is 1.01. The molecule has 1 rings (SSSR count). The average molecular weight is 305 g/mol. The van der Waals surface area contributed by atoms with Crippen LogP contribution in [0, 0.1) is 0 Å². The van der Waals surface area contributed by atoms with Gasteiger partial charge >= 0.3 is 5.97 Å². The van der Waals surface area contributed by atoms with Crippen molar-refractivity contribution in [1.29, 1.82) is 0 Å². The average Bonchev–Trinajstić information content (AvgIpc) is 2.55. The maximum Gasteiger partial charge on any atom is 0.305 e. The molecule has 22 heavy (non-hydrogen) atoms. The quantitative estimate of drug-likeness (QED) is 0.335. The molecule has 0 heterocycles. The molecule has 122 valence electrons. The highest BCUT2D eigenvalue weighted by atomic mass is 16.5. The van der Waals surface area contributed by atoms with E-state index in [-0.39, 0.29) is 5.97 Å². The molecule has 0 spiro atoms. The van der Waals surface area contributed by atoms with E-state index >= 15 is 0 Å². The second-order valence-electron chi connectivity index (χ2n) is 5.10. The molecule has 2 N–H and O–H groups in total. The van der Waals surface area contributed by atoms with Crippen molar-refractivity contribution in [1.82, 2.24) is 10.6 Å². The van der Waals surface area contributed by atoms with E-state index in [0.29, 0.717) is 25.5 Å². The van der Waals surface area contributed by atoms with Gasteiger partial charge in [0.05, 0.1) is 6.61 Å². The van der Waals surface area contributed by atoms with Gasteiger partial charge in [-0.2, -0.15) is 0 Å². The molecule has 0 aliphatic rings. The molecule has 0 bridgehead atoms. The van der Waals surface area contributed by atoms with Crippen LogP contribution in [0.2, 0.25) is 0 Å². The lowest BCUT2D eigenvalue weighted by Gasteiger charge is -2.16. The van der Waals surface area contributed by atoms with Crippen LogP contribution < -0.4 is 10.6 Å². The number of benzene rings is 1. The summed E-state index contributed by atoms with van der Waals surface area (Å²) in [4.78, 5) is 15.4. The molecule has 1 aromatic rings. The Morgan fingerprint density at radius 1 is 1.27 bits per heavy atom. The summed E-state index contributed by atoms with van der Waals surface area (Å²) in [5.41, 5.74) is 1.30. The third-order valence-corrected chi connectivity index (χ3v) is 3.32. The normalized spacial score (nSPS) is 12.6. The number of guanidine groups is 1. The number of aliphatic imine (C=N–C) groups is 1. The first kappa shape index (κ1) is 18.0. The minimum Gasteiger partial charge on any atom is -0.466 e. The number of rotatable bonds is 8. The highest BCUT2D eigenvalue weighted by Crippen LogP contribution is 2.12. The monoisotopic (exact) mass is 305 g/mol. The smallest absolute Gasteiger partial charge is 0.305 e. The van der Waals surface area contributed by atoms with Gasteiger partial charge in [-0.15, -0.1) is 0 Å². The van der Waals surface area contributed by atoms with Crippen LogP contribution in [0.3, 0.4) is 0 Å². The fourth-order valence-electron chi connectivity index (χ4n) is 2.04. The van der Waals surface area contributed by atoms with E-state index in [4.69, 9.17) is 4.74 Å². The van der Waals surface area contributed by atoms with Gasteiger partial charge in [0.1, 0.15) is 0 Å². The number of esters is 1. The standard InChI is InChI=1S/C17H27N3O2/c1-4-22-16(21)11-8-12-19-17(18-3)20-13-14(2)15-9-6-5-7-10-15/h5-7,9-10,14H,4,8,11-13H2,1-3H3,(H2,18,19,20). The van der Waals surface area contributed by atoms with Crippen molar-refractivity contribution in [2.45, 2.75) is 32.6 Å². The maximum atomic E-state index is 11.2. The molecule has 0 aromatic heterocycles. The second kappa shape index (κ2) is 10.7. The van der Waals surface area contributed by atoms with Gasteiger partial charge in [0.2, 0.25) is 0 Å². The summed E-state index contributed by atoms with van der Waals surface area (Å²) in [6.45, 7) is 5.93. The lowest BCUT2D eigenvalue weighted by atomic mass is 10.0. The van der Waals surface area contributed by atoms with Gasteiger partial charge in [-0.1, -0.05) is 37.3 Å². The second-order valence-corrected chi connectivity index (χ2v) is 5.10. The van der Waals surface area contributed by atoms with Gasteiger partial charge in [0.15, 0.2) is 5.96 Å². The molecule has 0 saturated heterocycles. The lowest BCUT2D eigenvalue weighted by molar-refractivity contribution is -0.143. The van der Waals surface area contributed by atoms with Crippen LogP contribution in [-0.2, 0) is 9.53 Å². The zero-order valence-corrected chi connectivity index (χ0v) is 13.8. The minimum absolute atomic E-state index is 0.148. The van der Waals surface area contributed by atoms with Crippen LogP contribution in [0.4, 0.5) is 0 Å². The van der Waals surface area contributed by atoms with Crippen molar-refractivity contribution in [3.8, 4) is 0 Å². The van der Waals surface area contributed by atoms with E-state index in [1.165, 1.54) is 5.56 Å². The molecule has 1 unspecified atom stereocenters. The van der Waals surface area contributed by atoms with Crippen molar-refractivity contribution in [3.63, 3.8) is 0 Å². The van der Waals surface area contributed by atoms with Crippen LogP contribution in [0.15, 0.2) is 35.3 Å². The van der Waals surface area contributed by atoms with Crippen LogP contribution in [-0.4, -0.2) is 38.7 Å². The summed E-state index contributed by atoms with van der Waals surface area (Å²) in [6, 6.07) is 10.4. The van der Waals surface area contributed by atoms with Gasteiger partial charge in [0.25, 0.3) is 0 Å². The van der Waals surface area contributed by atoms with Crippen LogP contribution in [0.5, 0.6) is 0 Å². The summed E-state index contributed by atoms with van der Waals surface area (Å²) in [7, 11) is 1.74. The van der Waals surface area contributed by atoms with Crippen molar-refractivity contribution >= 4 is 11.9 Å². The molecule has 0 radical (unpaired) electrons. The Morgan fingerprint density at radius 3 is 2.64 bits per heavy atom. The Bertz CT molecular complexity index is 460. The maximum absolute atomic E-state index is 11.2. The number of nitrogens with one attached hydrogen (secondary N) is 2. The van der Waals surface area contributed by atoms with E-state index in [1.54, 1.807) is 7.05 Å².